The van der Waals surface area contributed by atoms with E-state index in [9.17, 15) is 4.79 Å². The average molecular weight is 316 g/mol. The zero-order chi connectivity index (χ0) is 15.8. The minimum absolute atomic E-state index is 0.0776. The molecule has 3 unspecified atom stereocenters. The molecule has 3 aliphatic rings. The summed E-state index contributed by atoms with van der Waals surface area (Å²) in [6, 6.07) is 6.90. The molecule has 124 valence electrons. The Hall–Kier alpha value is -1.75. The Morgan fingerprint density at radius 1 is 1.30 bits per heavy atom. The maximum atomic E-state index is 12.9. The molecule has 1 aromatic rings. The van der Waals surface area contributed by atoms with E-state index in [1.54, 1.807) is 7.11 Å². The summed E-state index contributed by atoms with van der Waals surface area (Å²) in [5.41, 5.74) is 1.07. The molecule has 3 aliphatic heterocycles. The fourth-order valence-electron chi connectivity index (χ4n) is 4.06. The van der Waals surface area contributed by atoms with Gasteiger partial charge in [-0.15, -0.1) is 0 Å². The summed E-state index contributed by atoms with van der Waals surface area (Å²) >= 11 is 0. The molecule has 2 bridgehead atoms. The molecule has 3 heterocycles. The van der Waals surface area contributed by atoms with Gasteiger partial charge in [-0.1, -0.05) is 0 Å². The molecule has 2 fully saturated rings. The van der Waals surface area contributed by atoms with Crippen molar-refractivity contribution < 1.29 is 14.3 Å². The smallest absolute Gasteiger partial charge is 0.229 e. The summed E-state index contributed by atoms with van der Waals surface area (Å²) in [5, 5.41) is 3.63. The molecular weight excluding hydrogens is 292 g/mol. The number of ether oxygens (including phenoxy) is 2. The third-order valence-corrected chi connectivity index (χ3v) is 5.36. The van der Waals surface area contributed by atoms with Gasteiger partial charge in [-0.05, 0) is 49.4 Å². The van der Waals surface area contributed by atoms with Crippen LogP contribution < -0.4 is 14.8 Å². The number of carbonyl (C=O) groups excluding carboxylic acids is 1. The van der Waals surface area contributed by atoms with E-state index in [0.717, 1.165) is 43.0 Å². The van der Waals surface area contributed by atoms with Crippen LogP contribution in [0.4, 0.5) is 0 Å². The highest BCUT2D eigenvalue weighted by Gasteiger charge is 2.35. The van der Waals surface area contributed by atoms with E-state index < -0.39 is 0 Å². The van der Waals surface area contributed by atoms with Crippen molar-refractivity contribution in [1.82, 2.24) is 10.2 Å². The second-order valence-corrected chi connectivity index (χ2v) is 6.90. The van der Waals surface area contributed by atoms with Gasteiger partial charge in [-0.25, -0.2) is 0 Å². The lowest BCUT2D eigenvalue weighted by atomic mass is 9.94. The van der Waals surface area contributed by atoms with Crippen molar-refractivity contribution >= 4 is 5.91 Å². The first-order valence-corrected chi connectivity index (χ1v) is 8.57. The number of likely N-dealkylation sites (tertiary alicyclic amines) is 1. The van der Waals surface area contributed by atoms with Crippen LogP contribution in [0.25, 0.3) is 0 Å². The summed E-state index contributed by atoms with van der Waals surface area (Å²) in [6.07, 6.45) is 4.26. The van der Waals surface area contributed by atoms with Crippen LogP contribution in [0.1, 0.15) is 24.8 Å². The van der Waals surface area contributed by atoms with Gasteiger partial charge >= 0.3 is 0 Å². The van der Waals surface area contributed by atoms with Gasteiger partial charge in [0.15, 0.2) is 0 Å². The first-order chi connectivity index (χ1) is 11.2. The fourth-order valence-corrected chi connectivity index (χ4v) is 4.06. The molecule has 3 atom stereocenters. The third-order valence-electron chi connectivity index (χ3n) is 5.36. The maximum Gasteiger partial charge on any atom is 0.229 e. The Morgan fingerprint density at radius 2 is 2.17 bits per heavy atom. The van der Waals surface area contributed by atoms with Gasteiger partial charge < -0.3 is 19.7 Å². The third kappa shape index (κ3) is 2.90. The predicted molar refractivity (Wildman–Crippen MR) is 86.8 cm³/mol. The van der Waals surface area contributed by atoms with E-state index >= 15 is 0 Å². The van der Waals surface area contributed by atoms with Crippen molar-refractivity contribution in [2.24, 2.45) is 5.92 Å². The molecule has 2 saturated heterocycles. The van der Waals surface area contributed by atoms with E-state index in [-0.39, 0.29) is 11.8 Å². The zero-order valence-corrected chi connectivity index (χ0v) is 13.6. The Kier molecular flexibility index (Phi) is 3.89. The second-order valence-electron chi connectivity index (χ2n) is 6.90. The Balaban J connectivity index is 1.46. The number of benzene rings is 1. The molecule has 4 rings (SSSR count). The Bertz CT molecular complexity index is 604. The summed E-state index contributed by atoms with van der Waals surface area (Å²) in [7, 11) is 1.66. The van der Waals surface area contributed by atoms with Crippen molar-refractivity contribution in [2.75, 3.05) is 26.8 Å². The highest BCUT2D eigenvalue weighted by Crippen LogP contribution is 2.32. The largest absolute Gasteiger partial charge is 0.497 e. The molecule has 5 heteroatoms. The van der Waals surface area contributed by atoms with Crippen LogP contribution in [0.5, 0.6) is 11.5 Å². The van der Waals surface area contributed by atoms with E-state index in [0.29, 0.717) is 18.7 Å². The van der Waals surface area contributed by atoms with Gasteiger partial charge in [0, 0.05) is 25.2 Å². The van der Waals surface area contributed by atoms with Crippen molar-refractivity contribution in [3.05, 3.63) is 23.8 Å². The van der Waals surface area contributed by atoms with E-state index in [1.165, 1.54) is 12.8 Å². The number of fused-ring (bicyclic) bond motifs is 3. The van der Waals surface area contributed by atoms with Crippen molar-refractivity contribution in [3.8, 4) is 11.5 Å². The lowest BCUT2D eigenvalue weighted by Gasteiger charge is -2.31. The lowest BCUT2D eigenvalue weighted by molar-refractivity contribution is -0.137. The molecule has 0 aliphatic carbocycles. The first kappa shape index (κ1) is 14.8. The molecule has 0 radical (unpaired) electrons. The number of nitrogens with zero attached hydrogens (tertiary/aromatic N) is 1. The Morgan fingerprint density at radius 3 is 3.04 bits per heavy atom. The van der Waals surface area contributed by atoms with E-state index in [4.69, 9.17) is 9.47 Å². The predicted octanol–water partition coefficient (Wildman–Crippen LogP) is 1.60. The van der Waals surface area contributed by atoms with Crippen molar-refractivity contribution in [1.29, 1.82) is 0 Å². The van der Waals surface area contributed by atoms with Crippen LogP contribution in [0.3, 0.4) is 0 Å². The van der Waals surface area contributed by atoms with Crippen LogP contribution in [-0.2, 0) is 11.2 Å². The van der Waals surface area contributed by atoms with Crippen LogP contribution in [0, 0.1) is 5.92 Å². The van der Waals surface area contributed by atoms with Gasteiger partial charge in [0.05, 0.1) is 13.0 Å². The van der Waals surface area contributed by atoms with Gasteiger partial charge in [0.25, 0.3) is 0 Å². The van der Waals surface area contributed by atoms with Crippen molar-refractivity contribution in [2.45, 2.75) is 37.8 Å². The number of hydrogen-bond acceptors (Lipinski definition) is 4. The topological polar surface area (TPSA) is 50.8 Å². The Labute approximate surface area is 136 Å². The zero-order valence-electron chi connectivity index (χ0n) is 13.6. The van der Waals surface area contributed by atoms with Gasteiger partial charge in [-0.2, -0.15) is 0 Å². The number of amides is 1. The minimum atomic E-state index is -0.0776. The van der Waals surface area contributed by atoms with Gasteiger partial charge in [-0.3, -0.25) is 4.79 Å². The first-order valence-electron chi connectivity index (χ1n) is 8.57. The number of nitrogens with one attached hydrogen (secondary N) is 1. The molecule has 1 amide bonds. The average Bonchev–Trinajstić information content (AvgIpc) is 2.92. The molecule has 0 saturated carbocycles. The second kappa shape index (κ2) is 6.04. The number of hydrogen-bond donors (Lipinski definition) is 1. The quantitative estimate of drug-likeness (QED) is 0.900. The van der Waals surface area contributed by atoms with E-state index in [2.05, 4.69) is 10.2 Å². The number of carbonyl (C=O) groups is 1. The summed E-state index contributed by atoms with van der Waals surface area (Å²) in [6.45, 7) is 2.20. The summed E-state index contributed by atoms with van der Waals surface area (Å²) in [4.78, 5) is 15.0. The molecule has 1 N–H and O–H groups in total. The monoisotopic (exact) mass is 316 g/mol. The molecule has 23 heavy (non-hydrogen) atoms. The van der Waals surface area contributed by atoms with Crippen LogP contribution in [-0.4, -0.2) is 49.7 Å². The standard InChI is InChI=1S/C18H24N2O3/c1-22-16-4-5-17-12(9-16)8-13(11-23-17)18(21)20-7-6-14-2-3-15(10-20)19-14/h4-5,9,13-15,19H,2-3,6-8,10-11H2,1H3. The van der Waals surface area contributed by atoms with Gasteiger partial charge in [0.1, 0.15) is 18.1 Å². The summed E-state index contributed by atoms with van der Waals surface area (Å²) < 4.78 is 11.1. The van der Waals surface area contributed by atoms with E-state index in [1.807, 2.05) is 18.2 Å². The number of methoxy groups -OCH3 is 1. The van der Waals surface area contributed by atoms with Crippen LogP contribution in [0.15, 0.2) is 18.2 Å². The molecule has 1 aromatic carbocycles. The SMILES string of the molecule is COc1ccc2c(c1)CC(C(=O)N1CCC3CCC(C1)N3)CO2. The molecule has 0 spiro atoms. The van der Waals surface area contributed by atoms with Crippen LogP contribution >= 0.6 is 0 Å². The molecule has 0 aromatic heterocycles. The highest BCUT2D eigenvalue weighted by atomic mass is 16.5. The minimum Gasteiger partial charge on any atom is -0.497 e. The van der Waals surface area contributed by atoms with Gasteiger partial charge in [0.2, 0.25) is 5.91 Å². The highest BCUT2D eigenvalue weighted by molar-refractivity contribution is 5.80. The fraction of sp³-hybridized carbons (Fsp3) is 0.611. The normalized spacial score (nSPS) is 29.4. The van der Waals surface area contributed by atoms with Crippen molar-refractivity contribution in [3.63, 3.8) is 0 Å². The maximum absolute atomic E-state index is 12.9. The van der Waals surface area contributed by atoms with Crippen LogP contribution in [0.2, 0.25) is 0 Å². The number of rotatable bonds is 2. The lowest BCUT2D eigenvalue weighted by Crippen LogP contribution is -2.44. The summed E-state index contributed by atoms with van der Waals surface area (Å²) in [5.74, 6) is 1.86. The molecule has 5 nitrogen and oxygen atoms in total. The molecular formula is C18H24N2O3.